The predicted molar refractivity (Wildman–Crippen MR) is 90.4 cm³/mol. The molecule has 22 heavy (non-hydrogen) atoms. The molecule has 0 radical (unpaired) electrons. The number of rotatable bonds is 6. The summed E-state index contributed by atoms with van der Waals surface area (Å²) in [6.45, 7) is 2.98. The molecule has 0 spiro atoms. The lowest BCUT2D eigenvalue weighted by molar-refractivity contribution is 0.0542. The third-order valence-electron chi connectivity index (χ3n) is 4.94. The molecule has 2 aliphatic rings. The summed E-state index contributed by atoms with van der Waals surface area (Å²) in [7, 11) is -0.889. The molecular weight excluding hydrogens is 294 g/mol. The molecule has 3 nitrogen and oxygen atoms in total. The van der Waals surface area contributed by atoms with Crippen LogP contribution in [0.2, 0.25) is 0 Å². The van der Waals surface area contributed by atoms with Gasteiger partial charge in [-0.2, -0.15) is 0 Å². The van der Waals surface area contributed by atoms with Crippen molar-refractivity contribution in [1.82, 2.24) is 4.90 Å². The molecule has 4 heteroatoms. The third-order valence-corrected chi connectivity index (χ3v) is 5.88. The average molecular weight is 321 g/mol. The van der Waals surface area contributed by atoms with Crippen LogP contribution in [0.15, 0.2) is 29.2 Å². The van der Waals surface area contributed by atoms with Crippen LogP contribution in [0.5, 0.6) is 0 Å². The largest absolute Gasteiger partial charge is 0.377 e. The molecule has 1 aromatic rings. The summed E-state index contributed by atoms with van der Waals surface area (Å²) >= 11 is 0. The van der Waals surface area contributed by atoms with E-state index in [2.05, 4.69) is 17.0 Å². The summed E-state index contributed by atoms with van der Waals surface area (Å²) < 4.78 is 17.4. The Bertz CT molecular complexity index is 490. The average Bonchev–Trinajstić information content (AvgIpc) is 3.20. The Labute approximate surface area is 136 Å². The lowest BCUT2D eigenvalue weighted by Crippen LogP contribution is -2.38. The highest BCUT2D eigenvalue weighted by Crippen LogP contribution is 2.27. The Kier molecular flexibility index (Phi) is 5.66. The van der Waals surface area contributed by atoms with E-state index >= 15 is 0 Å². The molecule has 3 rings (SSSR count). The van der Waals surface area contributed by atoms with Crippen LogP contribution in [0, 0.1) is 0 Å². The van der Waals surface area contributed by atoms with Gasteiger partial charge in [0.1, 0.15) is 0 Å². The first-order valence-corrected chi connectivity index (χ1v) is 10.1. The molecule has 0 amide bonds. The van der Waals surface area contributed by atoms with Gasteiger partial charge in [-0.1, -0.05) is 25.0 Å². The number of benzene rings is 1. The van der Waals surface area contributed by atoms with E-state index in [0.29, 0.717) is 12.1 Å². The molecule has 0 unspecified atom stereocenters. The standard InChI is InChI=1S/C18H27NO2S/c1-22(20)18-10-8-15(9-11-18)13-19(16-5-2-3-6-16)14-17-7-4-12-21-17/h8-11,16-17H,2-7,12-14H2,1H3/t17-,22-/m0/s1. The summed E-state index contributed by atoms with van der Waals surface area (Å²) in [4.78, 5) is 3.54. The second-order valence-electron chi connectivity index (χ2n) is 6.60. The van der Waals surface area contributed by atoms with E-state index in [0.717, 1.165) is 24.6 Å². The van der Waals surface area contributed by atoms with Crippen LogP contribution in [0.3, 0.4) is 0 Å². The van der Waals surface area contributed by atoms with Gasteiger partial charge in [0.25, 0.3) is 0 Å². The van der Waals surface area contributed by atoms with Crippen molar-refractivity contribution < 1.29 is 8.95 Å². The monoisotopic (exact) mass is 321 g/mol. The fourth-order valence-electron chi connectivity index (χ4n) is 3.68. The lowest BCUT2D eigenvalue weighted by atomic mass is 10.1. The molecule has 2 fully saturated rings. The maximum atomic E-state index is 11.5. The highest BCUT2D eigenvalue weighted by Gasteiger charge is 2.26. The molecule has 122 valence electrons. The van der Waals surface area contributed by atoms with E-state index < -0.39 is 10.8 Å². The van der Waals surface area contributed by atoms with Gasteiger partial charge in [-0.25, -0.2) is 0 Å². The summed E-state index contributed by atoms with van der Waals surface area (Å²) in [6, 6.07) is 8.99. The fourth-order valence-corrected chi connectivity index (χ4v) is 4.20. The number of hydrogen-bond donors (Lipinski definition) is 0. The first-order chi connectivity index (χ1) is 10.7. The van der Waals surface area contributed by atoms with Crippen molar-refractivity contribution in [2.45, 2.75) is 62.1 Å². The van der Waals surface area contributed by atoms with E-state index in [1.807, 2.05) is 12.1 Å². The van der Waals surface area contributed by atoms with E-state index in [-0.39, 0.29) is 0 Å². The summed E-state index contributed by atoms with van der Waals surface area (Å²) in [6.07, 6.45) is 9.94. The predicted octanol–water partition coefficient (Wildman–Crippen LogP) is 3.35. The molecule has 1 saturated carbocycles. The minimum atomic E-state index is -0.889. The van der Waals surface area contributed by atoms with Gasteiger partial charge < -0.3 is 4.74 Å². The van der Waals surface area contributed by atoms with Crippen molar-refractivity contribution >= 4 is 10.8 Å². The molecular formula is C18H27NO2S. The van der Waals surface area contributed by atoms with Crippen LogP contribution in [0.4, 0.5) is 0 Å². The second-order valence-corrected chi connectivity index (χ2v) is 7.98. The quantitative estimate of drug-likeness (QED) is 0.805. The summed E-state index contributed by atoms with van der Waals surface area (Å²) in [5.41, 5.74) is 1.32. The first kappa shape index (κ1) is 16.2. The lowest BCUT2D eigenvalue weighted by Gasteiger charge is -2.31. The highest BCUT2D eigenvalue weighted by atomic mass is 32.2. The van der Waals surface area contributed by atoms with Crippen molar-refractivity contribution in [2.24, 2.45) is 0 Å². The number of ether oxygens (including phenoxy) is 1. The van der Waals surface area contributed by atoms with Gasteiger partial charge in [-0.05, 0) is 43.4 Å². The minimum absolute atomic E-state index is 0.419. The SMILES string of the molecule is C[S@](=O)c1ccc(CN(C[C@@H]2CCCO2)C2CCCC2)cc1. The van der Waals surface area contributed by atoms with Crippen molar-refractivity contribution in [3.8, 4) is 0 Å². The molecule has 0 N–H and O–H groups in total. The maximum Gasteiger partial charge on any atom is 0.0703 e. The Hall–Kier alpha value is -0.710. The van der Waals surface area contributed by atoms with Gasteiger partial charge in [-0.3, -0.25) is 9.11 Å². The smallest absolute Gasteiger partial charge is 0.0703 e. The normalized spacial score (nSPS) is 24.2. The van der Waals surface area contributed by atoms with Crippen LogP contribution in [-0.4, -0.2) is 40.7 Å². The molecule has 0 aromatic heterocycles. The van der Waals surface area contributed by atoms with E-state index in [4.69, 9.17) is 4.74 Å². The van der Waals surface area contributed by atoms with Gasteiger partial charge in [0.05, 0.1) is 6.10 Å². The molecule has 1 aromatic carbocycles. The number of hydrogen-bond acceptors (Lipinski definition) is 3. The molecule has 2 atom stereocenters. The van der Waals surface area contributed by atoms with Crippen LogP contribution < -0.4 is 0 Å². The Morgan fingerprint density at radius 2 is 1.86 bits per heavy atom. The van der Waals surface area contributed by atoms with E-state index in [1.54, 1.807) is 6.26 Å². The fraction of sp³-hybridized carbons (Fsp3) is 0.667. The van der Waals surface area contributed by atoms with Crippen LogP contribution in [0.1, 0.15) is 44.1 Å². The van der Waals surface area contributed by atoms with Crippen molar-refractivity contribution in [1.29, 1.82) is 0 Å². The van der Waals surface area contributed by atoms with Gasteiger partial charge in [-0.15, -0.1) is 0 Å². The number of nitrogens with zero attached hydrogens (tertiary/aromatic N) is 1. The van der Waals surface area contributed by atoms with Gasteiger partial charge in [0, 0.05) is 47.7 Å². The van der Waals surface area contributed by atoms with E-state index in [1.165, 1.54) is 44.1 Å². The van der Waals surface area contributed by atoms with Crippen LogP contribution in [0.25, 0.3) is 0 Å². The Morgan fingerprint density at radius 1 is 1.14 bits per heavy atom. The molecule has 1 aliphatic carbocycles. The zero-order chi connectivity index (χ0) is 15.4. The zero-order valence-electron chi connectivity index (χ0n) is 13.5. The maximum absolute atomic E-state index is 11.5. The highest BCUT2D eigenvalue weighted by molar-refractivity contribution is 7.84. The summed E-state index contributed by atoms with van der Waals surface area (Å²) in [5, 5.41) is 0. The molecule has 1 aliphatic heterocycles. The van der Waals surface area contributed by atoms with Gasteiger partial charge in [0.2, 0.25) is 0 Å². The topological polar surface area (TPSA) is 29.5 Å². The third kappa shape index (κ3) is 4.18. The van der Waals surface area contributed by atoms with Crippen LogP contribution >= 0.6 is 0 Å². The van der Waals surface area contributed by atoms with Crippen molar-refractivity contribution in [3.63, 3.8) is 0 Å². The Balaban J connectivity index is 1.66. The first-order valence-electron chi connectivity index (χ1n) is 8.50. The Morgan fingerprint density at radius 3 is 2.45 bits per heavy atom. The zero-order valence-corrected chi connectivity index (χ0v) is 14.3. The van der Waals surface area contributed by atoms with Crippen LogP contribution in [-0.2, 0) is 22.1 Å². The molecule has 1 heterocycles. The second kappa shape index (κ2) is 7.71. The molecule has 1 saturated heterocycles. The molecule has 0 bridgehead atoms. The van der Waals surface area contributed by atoms with Crippen molar-refractivity contribution in [3.05, 3.63) is 29.8 Å². The minimum Gasteiger partial charge on any atom is -0.377 e. The van der Waals surface area contributed by atoms with E-state index in [9.17, 15) is 4.21 Å². The van der Waals surface area contributed by atoms with Gasteiger partial charge in [0.15, 0.2) is 0 Å². The summed E-state index contributed by atoms with van der Waals surface area (Å²) in [5.74, 6) is 0. The van der Waals surface area contributed by atoms with Gasteiger partial charge >= 0.3 is 0 Å². The van der Waals surface area contributed by atoms with Crippen molar-refractivity contribution in [2.75, 3.05) is 19.4 Å².